The number of carbonyl (C=O) groups excluding carboxylic acids is 1. The Bertz CT molecular complexity index is 48.8. The third-order valence-corrected chi connectivity index (χ3v) is 1.01. The average molecular weight is 231 g/mol. The zero-order valence-corrected chi connectivity index (χ0v) is 5.59. The molecule has 38 valence electrons. The van der Waals surface area contributed by atoms with Crippen molar-refractivity contribution >= 4 is 5.91 Å². The van der Waals surface area contributed by atoms with Crippen molar-refractivity contribution in [2.75, 3.05) is 0 Å². The first-order chi connectivity index (χ1) is 2.81. The van der Waals surface area contributed by atoms with Gasteiger partial charge in [0.25, 0.3) is 0 Å². The average Bonchev–Trinajstić information content (AvgIpc) is 1.65. The molecule has 2 nitrogen and oxygen atoms in total. The van der Waals surface area contributed by atoms with Crippen LogP contribution in [-0.4, -0.2) is 5.91 Å². The number of amides is 1. The zero-order valence-electron chi connectivity index (χ0n) is 3.45. The molecule has 0 aromatic heterocycles. The van der Waals surface area contributed by atoms with Crippen LogP contribution in [0.1, 0.15) is 13.3 Å². The quantitative estimate of drug-likeness (QED) is 0.674. The SMILES string of the molecule is CCC(=O)[NH][Tb]. The van der Waals surface area contributed by atoms with Crippen molar-refractivity contribution in [2.24, 2.45) is 0 Å². The van der Waals surface area contributed by atoms with E-state index in [1.54, 1.807) is 37.0 Å². The minimum atomic E-state index is 0.0926. The monoisotopic (exact) mass is 231 g/mol. The summed E-state index contributed by atoms with van der Waals surface area (Å²) in [4.78, 5) is 10.1. The van der Waals surface area contributed by atoms with Gasteiger partial charge in [-0.15, -0.1) is 0 Å². The molecule has 0 bridgehead atoms. The summed E-state index contributed by atoms with van der Waals surface area (Å²) in [5.41, 5.74) is 0. The molecular formula is C3H6NOTb. The van der Waals surface area contributed by atoms with Crippen LogP contribution in [0.2, 0.25) is 0 Å². The Morgan fingerprint density at radius 3 is 2.50 bits per heavy atom. The topological polar surface area (TPSA) is 29.1 Å². The molecule has 0 aliphatic rings. The summed E-state index contributed by atoms with van der Waals surface area (Å²) in [7, 11) is 0. The van der Waals surface area contributed by atoms with Crippen molar-refractivity contribution < 1.29 is 41.8 Å². The molecular weight excluding hydrogens is 225 g/mol. The van der Waals surface area contributed by atoms with E-state index in [0.29, 0.717) is 6.42 Å². The van der Waals surface area contributed by atoms with Gasteiger partial charge in [0.15, 0.2) is 0 Å². The van der Waals surface area contributed by atoms with Gasteiger partial charge in [0.2, 0.25) is 0 Å². The molecule has 0 heterocycles. The van der Waals surface area contributed by atoms with Crippen molar-refractivity contribution in [2.45, 2.75) is 13.3 Å². The second kappa shape index (κ2) is 3.93. The zero-order chi connectivity index (χ0) is 4.99. The van der Waals surface area contributed by atoms with E-state index in [1.807, 2.05) is 6.92 Å². The van der Waals surface area contributed by atoms with Gasteiger partial charge in [-0.2, -0.15) is 0 Å². The van der Waals surface area contributed by atoms with Gasteiger partial charge in [0.05, 0.1) is 0 Å². The molecule has 1 N–H and O–H groups in total. The molecule has 6 heavy (non-hydrogen) atoms. The van der Waals surface area contributed by atoms with E-state index >= 15 is 0 Å². The Kier molecular flexibility index (Phi) is 4.42. The Balaban J connectivity index is 2.99. The molecule has 0 aromatic carbocycles. The first-order valence-corrected chi connectivity index (χ1v) is 2.75. The Hall–Kier alpha value is 0.756. The van der Waals surface area contributed by atoms with E-state index in [9.17, 15) is 4.79 Å². The summed E-state index contributed by atoms with van der Waals surface area (Å²) < 4.78 is 2.48. The van der Waals surface area contributed by atoms with Crippen molar-refractivity contribution in [1.82, 2.24) is 1.69 Å². The molecule has 3 heteroatoms. The molecule has 0 saturated heterocycles. The van der Waals surface area contributed by atoms with Gasteiger partial charge >= 0.3 is 62.7 Å². The molecule has 0 aliphatic heterocycles. The molecule has 0 radical (unpaired) electrons. The third-order valence-electron chi connectivity index (χ3n) is 0.414. The fourth-order valence-corrected chi connectivity index (χ4v) is 0.437. The van der Waals surface area contributed by atoms with Gasteiger partial charge in [-0.25, -0.2) is 0 Å². The van der Waals surface area contributed by atoms with Crippen LogP contribution >= 0.6 is 0 Å². The number of nitrogens with one attached hydrogen (secondary N) is 1. The minimum absolute atomic E-state index is 0.0926. The third kappa shape index (κ3) is 2.97. The predicted molar refractivity (Wildman–Crippen MR) is 18.4 cm³/mol. The Morgan fingerprint density at radius 1 is 2.00 bits per heavy atom. The molecule has 0 atom stereocenters. The first kappa shape index (κ1) is 6.76. The molecule has 0 aliphatic carbocycles. The Labute approximate surface area is 62.3 Å². The molecule has 0 unspecified atom stereocenters. The second-order valence-electron chi connectivity index (χ2n) is 0.860. The number of hydrogen-bond acceptors (Lipinski definition) is 1. The van der Waals surface area contributed by atoms with E-state index in [-0.39, 0.29) is 5.91 Å². The van der Waals surface area contributed by atoms with Gasteiger partial charge in [0, 0.05) is 0 Å². The van der Waals surface area contributed by atoms with Crippen molar-refractivity contribution in [1.29, 1.82) is 0 Å². The van der Waals surface area contributed by atoms with Gasteiger partial charge < -0.3 is 0 Å². The van der Waals surface area contributed by atoms with Crippen LogP contribution in [0.5, 0.6) is 0 Å². The van der Waals surface area contributed by atoms with Crippen molar-refractivity contribution in [3.8, 4) is 0 Å². The fourth-order valence-electron chi connectivity index (χ4n) is 0.0589. The van der Waals surface area contributed by atoms with E-state index < -0.39 is 0 Å². The van der Waals surface area contributed by atoms with Crippen LogP contribution in [0.3, 0.4) is 0 Å². The molecule has 0 aromatic rings. The number of rotatable bonds is 1. The van der Waals surface area contributed by atoms with Crippen LogP contribution in [0.4, 0.5) is 0 Å². The van der Waals surface area contributed by atoms with E-state index in [2.05, 4.69) is 1.69 Å². The summed E-state index contributed by atoms with van der Waals surface area (Å²) in [5.74, 6) is 0.0926. The second-order valence-corrected chi connectivity index (χ2v) is 1.39. The van der Waals surface area contributed by atoms with E-state index in [4.69, 9.17) is 0 Å². The molecule has 0 saturated carbocycles. The van der Waals surface area contributed by atoms with Gasteiger partial charge in [0.1, 0.15) is 0 Å². The van der Waals surface area contributed by atoms with Gasteiger partial charge in [-0.3, -0.25) is 0 Å². The summed E-state index contributed by atoms with van der Waals surface area (Å²) in [6, 6.07) is 0. The summed E-state index contributed by atoms with van der Waals surface area (Å²) in [6.07, 6.45) is 0.580. The van der Waals surface area contributed by atoms with Crippen molar-refractivity contribution in [3.63, 3.8) is 0 Å². The van der Waals surface area contributed by atoms with Crippen LogP contribution in [0.15, 0.2) is 0 Å². The predicted octanol–water partition coefficient (Wildman–Crippen LogP) is -0.0231. The fraction of sp³-hybridized carbons (Fsp3) is 0.667. The summed E-state index contributed by atoms with van der Waals surface area (Å²) in [5, 5.41) is 0. The normalized spacial score (nSPS) is 7.83. The van der Waals surface area contributed by atoms with E-state index in [1.165, 1.54) is 0 Å². The van der Waals surface area contributed by atoms with Crippen LogP contribution in [0.25, 0.3) is 0 Å². The van der Waals surface area contributed by atoms with Crippen molar-refractivity contribution in [3.05, 3.63) is 0 Å². The number of carbonyl (C=O) groups is 1. The molecule has 0 rings (SSSR count). The van der Waals surface area contributed by atoms with Crippen LogP contribution < -0.4 is 1.69 Å². The summed E-state index contributed by atoms with van der Waals surface area (Å²) >= 11 is 1.63. The Morgan fingerprint density at radius 2 is 2.50 bits per heavy atom. The number of hydrogen-bond donors (Lipinski definition) is 1. The summed E-state index contributed by atoms with van der Waals surface area (Å²) in [6.45, 7) is 1.82. The first-order valence-electron chi connectivity index (χ1n) is 1.68. The van der Waals surface area contributed by atoms with Gasteiger partial charge in [-0.05, 0) is 0 Å². The molecule has 0 spiro atoms. The maximum atomic E-state index is 10.1. The standard InChI is InChI=1S/C3H7NO.Tb/c1-2-3(4)5;/h2H2,1H3,(H2,4,5);/q;+1/p-1. The molecule has 0 fully saturated rings. The van der Waals surface area contributed by atoms with E-state index in [0.717, 1.165) is 0 Å². The maximum absolute atomic E-state index is 10.1. The van der Waals surface area contributed by atoms with Crippen LogP contribution in [0, 0.1) is 37.0 Å². The molecule has 1 amide bonds. The van der Waals surface area contributed by atoms with Crippen LogP contribution in [-0.2, 0) is 4.79 Å². The van der Waals surface area contributed by atoms with Gasteiger partial charge in [-0.1, -0.05) is 0 Å².